The quantitative estimate of drug-likeness (QED) is 0.392. The number of nitrogens with two attached hydrogens (primary N) is 3. The fraction of sp³-hybridized carbons (Fsp3) is 0.571. The minimum Gasteiger partial charge on any atom is -0.395 e. The summed E-state index contributed by atoms with van der Waals surface area (Å²) in [7, 11) is 0. The van der Waals surface area contributed by atoms with Gasteiger partial charge in [0.15, 0.2) is 5.79 Å². The van der Waals surface area contributed by atoms with Gasteiger partial charge >= 0.3 is 0 Å². The number of aliphatic imine (C=N–C) groups is 1. The zero-order valence-corrected chi connectivity index (χ0v) is 6.75. The Kier molecular flexibility index (Phi) is 1.32. The number of hydrogen-bond acceptors (Lipinski definition) is 5. The monoisotopic (exact) mass is 167 g/mol. The largest absolute Gasteiger partial charge is 0.395 e. The highest BCUT2D eigenvalue weighted by molar-refractivity contribution is 5.96. The second-order valence-electron chi connectivity index (χ2n) is 3.34. The van der Waals surface area contributed by atoms with Crippen LogP contribution in [0.15, 0.2) is 16.9 Å². The third kappa shape index (κ3) is 1.02. The first kappa shape index (κ1) is 7.42. The molecule has 2 rings (SSSR count). The van der Waals surface area contributed by atoms with E-state index in [0.29, 0.717) is 17.5 Å². The van der Waals surface area contributed by atoms with E-state index in [1.54, 1.807) is 6.20 Å². The molecule has 0 aromatic rings. The molecule has 7 N–H and O–H groups in total. The summed E-state index contributed by atoms with van der Waals surface area (Å²) < 4.78 is 0. The fourth-order valence-corrected chi connectivity index (χ4v) is 1.30. The van der Waals surface area contributed by atoms with E-state index in [9.17, 15) is 0 Å². The number of amidine groups is 1. The molecule has 12 heavy (non-hydrogen) atoms. The van der Waals surface area contributed by atoms with Gasteiger partial charge in [0, 0.05) is 12.1 Å². The third-order valence-electron chi connectivity index (χ3n) is 2.26. The average Bonchev–Trinajstić information content (AvgIpc) is 2.79. The van der Waals surface area contributed by atoms with Gasteiger partial charge in [0.2, 0.25) is 0 Å². The van der Waals surface area contributed by atoms with Crippen LogP contribution in [0.25, 0.3) is 0 Å². The van der Waals surface area contributed by atoms with Crippen LogP contribution in [0.4, 0.5) is 0 Å². The average molecular weight is 167 g/mol. The topological polar surface area (TPSA) is 102 Å². The molecule has 1 atom stereocenters. The highest BCUT2D eigenvalue weighted by Crippen LogP contribution is 2.38. The molecule has 0 radical (unpaired) electrons. The van der Waals surface area contributed by atoms with Crippen LogP contribution in [0, 0.1) is 5.92 Å². The van der Waals surface area contributed by atoms with Crippen molar-refractivity contribution in [2.45, 2.75) is 18.6 Å². The summed E-state index contributed by atoms with van der Waals surface area (Å²) in [5.74, 6) is 0.0380. The minimum atomic E-state index is -0.701. The van der Waals surface area contributed by atoms with Crippen molar-refractivity contribution in [1.29, 1.82) is 0 Å². The molecule has 66 valence electrons. The van der Waals surface area contributed by atoms with Crippen molar-refractivity contribution in [3.8, 4) is 0 Å². The van der Waals surface area contributed by atoms with E-state index in [2.05, 4.69) is 10.3 Å². The first-order valence-electron chi connectivity index (χ1n) is 4.00. The van der Waals surface area contributed by atoms with Crippen LogP contribution in [0.1, 0.15) is 12.8 Å². The lowest BCUT2D eigenvalue weighted by Crippen LogP contribution is -2.55. The van der Waals surface area contributed by atoms with Crippen LogP contribution in [-0.4, -0.2) is 11.6 Å². The molecule has 0 aromatic carbocycles. The standard InChI is InChI=1S/C7H13N5/c8-5-3-11-7(10,4-1-2-4)12-6(5)9/h3-4,11H,1-2,8,10H2,(H2,9,12). The summed E-state index contributed by atoms with van der Waals surface area (Å²) in [6.45, 7) is 0. The van der Waals surface area contributed by atoms with E-state index in [-0.39, 0.29) is 0 Å². The Bertz CT molecular complexity index is 265. The van der Waals surface area contributed by atoms with Gasteiger partial charge in [0.05, 0.1) is 5.70 Å². The number of rotatable bonds is 1. The van der Waals surface area contributed by atoms with Crippen LogP contribution in [0.3, 0.4) is 0 Å². The lowest BCUT2D eigenvalue weighted by molar-refractivity contribution is 0.339. The maximum Gasteiger partial charge on any atom is 0.187 e. The molecular weight excluding hydrogens is 154 g/mol. The molecular formula is C7H13N5. The predicted octanol–water partition coefficient (Wildman–Crippen LogP) is -1.23. The normalized spacial score (nSPS) is 35.1. The Morgan fingerprint density at radius 1 is 1.50 bits per heavy atom. The maximum atomic E-state index is 5.94. The van der Waals surface area contributed by atoms with Crippen molar-refractivity contribution in [3.63, 3.8) is 0 Å². The molecule has 0 aromatic heterocycles. The lowest BCUT2D eigenvalue weighted by atomic mass is 10.2. The van der Waals surface area contributed by atoms with Crippen molar-refractivity contribution in [2.75, 3.05) is 0 Å². The summed E-state index contributed by atoms with van der Waals surface area (Å²) >= 11 is 0. The first-order valence-corrected chi connectivity index (χ1v) is 4.00. The van der Waals surface area contributed by atoms with Gasteiger partial charge in [-0.25, -0.2) is 4.99 Å². The van der Waals surface area contributed by atoms with Gasteiger partial charge in [-0.1, -0.05) is 0 Å². The molecule has 1 aliphatic carbocycles. The maximum absolute atomic E-state index is 5.94. The van der Waals surface area contributed by atoms with Crippen LogP contribution in [0.5, 0.6) is 0 Å². The van der Waals surface area contributed by atoms with Gasteiger partial charge in [-0.2, -0.15) is 0 Å². The van der Waals surface area contributed by atoms with Crippen molar-refractivity contribution < 1.29 is 0 Å². The number of hydrogen-bond donors (Lipinski definition) is 4. The van der Waals surface area contributed by atoms with E-state index in [1.807, 2.05) is 0 Å². The molecule has 5 heteroatoms. The van der Waals surface area contributed by atoms with E-state index < -0.39 is 5.79 Å². The summed E-state index contributed by atoms with van der Waals surface area (Å²) in [5.41, 5.74) is 17.5. The third-order valence-corrected chi connectivity index (χ3v) is 2.26. The van der Waals surface area contributed by atoms with Crippen molar-refractivity contribution in [3.05, 3.63) is 11.9 Å². The lowest BCUT2D eigenvalue weighted by Gasteiger charge is -2.29. The van der Waals surface area contributed by atoms with E-state index in [0.717, 1.165) is 12.8 Å². The molecule has 0 amide bonds. The molecule has 5 nitrogen and oxygen atoms in total. The number of nitrogens with one attached hydrogen (secondary N) is 1. The van der Waals surface area contributed by atoms with E-state index in [4.69, 9.17) is 17.2 Å². The SMILES string of the molecule is NC1=CNC(N)(C2CC2)N=C1N. The molecule has 1 heterocycles. The Labute approximate surface area is 70.7 Å². The molecule has 0 spiro atoms. The zero-order valence-electron chi connectivity index (χ0n) is 6.75. The summed E-state index contributed by atoms with van der Waals surface area (Å²) in [5, 5.41) is 2.96. The number of nitrogens with zero attached hydrogens (tertiary/aromatic N) is 1. The second kappa shape index (κ2) is 2.13. The van der Waals surface area contributed by atoms with Crippen molar-refractivity contribution in [1.82, 2.24) is 5.32 Å². The van der Waals surface area contributed by atoms with Gasteiger partial charge in [-0.3, -0.25) is 5.73 Å². The van der Waals surface area contributed by atoms with Gasteiger partial charge in [-0.15, -0.1) is 0 Å². The second-order valence-corrected chi connectivity index (χ2v) is 3.34. The fourth-order valence-electron chi connectivity index (χ4n) is 1.30. The smallest absolute Gasteiger partial charge is 0.187 e. The molecule has 1 unspecified atom stereocenters. The van der Waals surface area contributed by atoms with Gasteiger partial charge in [-0.05, 0) is 12.8 Å². The Morgan fingerprint density at radius 2 is 2.17 bits per heavy atom. The molecule has 0 bridgehead atoms. The highest BCUT2D eigenvalue weighted by Gasteiger charge is 2.43. The van der Waals surface area contributed by atoms with Gasteiger partial charge in [0.25, 0.3) is 0 Å². The van der Waals surface area contributed by atoms with Crippen LogP contribution in [-0.2, 0) is 0 Å². The van der Waals surface area contributed by atoms with E-state index in [1.165, 1.54) is 0 Å². The summed E-state index contributed by atoms with van der Waals surface area (Å²) in [6.07, 6.45) is 3.84. The predicted molar refractivity (Wildman–Crippen MR) is 46.7 cm³/mol. The van der Waals surface area contributed by atoms with E-state index >= 15 is 0 Å². The summed E-state index contributed by atoms with van der Waals surface area (Å²) in [4.78, 5) is 4.12. The van der Waals surface area contributed by atoms with Crippen LogP contribution >= 0.6 is 0 Å². The zero-order chi connectivity index (χ0) is 8.77. The molecule has 1 aliphatic heterocycles. The van der Waals surface area contributed by atoms with Gasteiger partial charge in [0.1, 0.15) is 5.84 Å². The Balaban J connectivity index is 2.22. The van der Waals surface area contributed by atoms with Crippen LogP contribution < -0.4 is 22.5 Å². The molecule has 1 saturated carbocycles. The highest BCUT2D eigenvalue weighted by atomic mass is 15.3. The minimum absolute atomic E-state index is 0.336. The molecule has 1 fully saturated rings. The van der Waals surface area contributed by atoms with Gasteiger partial charge < -0.3 is 16.8 Å². The van der Waals surface area contributed by atoms with Crippen molar-refractivity contribution >= 4 is 5.84 Å². The molecule has 0 saturated heterocycles. The molecule has 2 aliphatic rings. The summed E-state index contributed by atoms with van der Waals surface area (Å²) in [6, 6.07) is 0. The first-order chi connectivity index (χ1) is 5.62. The van der Waals surface area contributed by atoms with Crippen molar-refractivity contribution in [2.24, 2.45) is 28.1 Å². The Morgan fingerprint density at radius 3 is 2.67 bits per heavy atom. The van der Waals surface area contributed by atoms with Crippen LogP contribution in [0.2, 0.25) is 0 Å². The Hall–Kier alpha value is -1.23.